The molecule has 0 saturated carbocycles. The molecule has 0 aliphatic heterocycles. The van der Waals surface area contributed by atoms with Crippen molar-refractivity contribution in [1.29, 1.82) is 0 Å². The van der Waals surface area contributed by atoms with E-state index in [1.807, 2.05) is 18.5 Å². The monoisotopic (exact) mass is 264 g/mol. The molecule has 1 N–H and O–H groups in total. The standard InChI is InChI=1S/C11H19F3N4/c1-9(4-3-6-11(12,13)14)15-7-5-10-17-16-8-18(10)2/h8-9,15H,3-7H2,1-2H3. The van der Waals surface area contributed by atoms with Gasteiger partial charge < -0.3 is 9.88 Å². The maximum atomic E-state index is 11.9. The number of halogens is 3. The molecular formula is C11H19F3N4. The summed E-state index contributed by atoms with van der Waals surface area (Å²) in [6.45, 7) is 2.59. The summed E-state index contributed by atoms with van der Waals surface area (Å²) in [5.74, 6) is 0.866. The Morgan fingerprint density at radius 3 is 2.72 bits per heavy atom. The summed E-state index contributed by atoms with van der Waals surface area (Å²) < 4.78 is 37.7. The predicted octanol–water partition coefficient (Wildman–Crippen LogP) is 2.07. The molecule has 0 aliphatic rings. The van der Waals surface area contributed by atoms with Gasteiger partial charge in [-0.15, -0.1) is 10.2 Å². The van der Waals surface area contributed by atoms with E-state index in [2.05, 4.69) is 15.5 Å². The lowest BCUT2D eigenvalue weighted by Gasteiger charge is -2.14. The van der Waals surface area contributed by atoms with Gasteiger partial charge in [0.05, 0.1) is 0 Å². The Morgan fingerprint density at radius 1 is 1.44 bits per heavy atom. The van der Waals surface area contributed by atoms with Crippen molar-refractivity contribution in [2.45, 2.75) is 44.8 Å². The van der Waals surface area contributed by atoms with Gasteiger partial charge in [-0.2, -0.15) is 13.2 Å². The highest BCUT2D eigenvalue weighted by molar-refractivity contribution is 4.85. The molecule has 4 nitrogen and oxygen atoms in total. The molecular weight excluding hydrogens is 245 g/mol. The van der Waals surface area contributed by atoms with E-state index in [1.54, 1.807) is 6.33 Å². The van der Waals surface area contributed by atoms with E-state index in [4.69, 9.17) is 0 Å². The van der Waals surface area contributed by atoms with E-state index in [1.165, 1.54) is 0 Å². The Morgan fingerprint density at radius 2 is 2.17 bits per heavy atom. The van der Waals surface area contributed by atoms with E-state index in [0.717, 1.165) is 12.2 Å². The molecule has 1 rings (SSSR count). The predicted molar refractivity (Wildman–Crippen MR) is 62.1 cm³/mol. The molecule has 0 fully saturated rings. The van der Waals surface area contributed by atoms with Crippen molar-refractivity contribution in [3.63, 3.8) is 0 Å². The van der Waals surface area contributed by atoms with Crippen molar-refractivity contribution in [3.05, 3.63) is 12.2 Å². The quantitative estimate of drug-likeness (QED) is 0.819. The van der Waals surface area contributed by atoms with Crippen LogP contribution in [-0.2, 0) is 13.5 Å². The molecule has 1 atom stereocenters. The Hall–Kier alpha value is -1.11. The molecule has 7 heteroatoms. The summed E-state index contributed by atoms with van der Waals surface area (Å²) in [6.07, 6.45) is -1.71. The van der Waals surface area contributed by atoms with E-state index >= 15 is 0 Å². The maximum absolute atomic E-state index is 11.9. The fourth-order valence-corrected chi connectivity index (χ4v) is 1.67. The number of aryl methyl sites for hydroxylation is 1. The third-order valence-corrected chi connectivity index (χ3v) is 2.74. The van der Waals surface area contributed by atoms with Crippen LogP contribution < -0.4 is 5.32 Å². The van der Waals surface area contributed by atoms with Gasteiger partial charge in [0.2, 0.25) is 0 Å². The zero-order valence-electron chi connectivity index (χ0n) is 10.7. The molecule has 18 heavy (non-hydrogen) atoms. The molecule has 0 aliphatic carbocycles. The van der Waals surface area contributed by atoms with Crippen molar-refractivity contribution in [3.8, 4) is 0 Å². The highest BCUT2D eigenvalue weighted by atomic mass is 19.4. The van der Waals surface area contributed by atoms with Gasteiger partial charge in [-0.25, -0.2) is 0 Å². The summed E-state index contributed by atoms with van der Waals surface area (Å²) in [7, 11) is 1.86. The van der Waals surface area contributed by atoms with Gasteiger partial charge in [0.1, 0.15) is 12.2 Å². The molecule has 0 bridgehead atoms. The van der Waals surface area contributed by atoms with Crippen LogP contribution in [0.3, 0.4) is 0 Å². The molecule has 0 saturated heterocycles. The van der Waals surface area contributed by atoms with Crippen LogP contribution in [0.25, 0.3) is 0 Å². The van der Waals surface area contributed by atoms with Gasteiger partial charge >= 0.3 is 6.18 Å². The SMILES string of the molecule is CC(CCCC(F)(F)F)NCCc1nncn1C. The molecule has 1 aromatic rings. The Balaban J connectivity index is 2.10. The average Bonchev–Trinajstić information content (AvgIpc) is 2.62. The van der Waals surface area contributed by atoms with Crippen LogP contribution in [0.2, 0.25) is 0 Å². The number of hydrogen-bond donors (Lipinski definition) is 1. The first-order valence-electron chi connectivity index (χ1n) is 6.01. The van der Waals surface area contributed by atoms with Gasteiger partial charge in [-0.1, -0.05) is 0 Å². The van der Waals surface area contributed by atoms with Crippen molar-refractivity contribution in [2.75, 3.05) is 6.54 Å². The number of rotatable bonds is 7. The van der Waals surface area contributed by atoms with E-state index in [9.17, 15) is 13.2 Å². The van der Waals surface area contributed by atoms with Gasteiger partial charge in [0, 0.05) is 32.5 Å². The van der Waals surface area contributed by atoms with E-state index in [-0.39, 0.29) is 12.5 Å². The lowest BCUT2D eigenvalue weighted by atomic mass is 10.1. The van der Waals surface area contributed by atoms with Crippen molar-refractivity contribution in [2.24, 2.45) is 7.05 Å². The minimum Gasteiger partial charge on any atom is -0.321 e. The fourth-order valence-electron chi connectivity index (χ4n) is 1.67. The molecule has 104 valence electrons. The summed E-state index contributed by atoms with van der Waals surface area (Å²) in [5, 5.41) is 10.9. The number of nitrogens with zero attached hydrogens (tertiary/aromatic N) is 3. The molecule has 0 aromatic carbocycles. The summed E-state index contributed by atoms with van der Waals surface area (Å²) in [5.41, 5.74) is 0. The van der Waals surface area contributed by atoms with Crippen molar-refractivity contribution in [1.82, 2.24) is 20.1 Å². The molecule has 1 unspecified atom stereocenters. The van der Waals surface area contributed by atoms with Gasteiger partial charge in [0.15, 0.2) is 0 Å². The number of alkyl halides is 3. The highest BCUT2D eigenvalue weighted by Crippen LogP contribution is 2.22. The van der Waals surface area contributed by atoms with Crippen LogP contribution in [-0.4, -0.2) is 33.5 Å². The summed E-state index contributed by atoms with van der Waals surface area (Å²) in [6, 6.07) is 0.0839. The van der Waals surface area contributed by atoms with Gasteiger partial charge in [0.25, 0.3) is 0 Å². The zero-order chi connectivity index (χ0) is 13.6. The normalized spacial score (nSPS) is 13.8. The summed E-state index contributed by atoms with van der Waals surface area (Å²) >= 11 is 0. The Kier molecular flexibility index (Phi) is 5.58. The first kappa shape index (κ1) is 14.9. The van der Waals surface area contributed by atoms with E-state index in [0.29, 0.717) is 13.0 Å². The van der Waals surface area contributed by atoms with Crippen LogP contribution in [0.5, 0.6) is 0 Å². The van der Waals surface area contributed by atoms with Crippen LogP contribution in [0.1, 0.15) is 32.0 Å². The second-order valence-corrected chi connectivity index (χ2v) is 4.47. The second kappa shape index (κ2) is 6.72. The van der Waals surface area contributed by atoms with Crippen LogP contribution in [0.4, 0.5) is 13.2 Å². The van der Waals surface area contributed by atoms with Crippen LogP contribution in [0, 0.1) is 0 Å². The minimum atomic E-state index is -4.04. The van der Waals surface area contributed by atoms with Crippen molar-refractivity contribution >= 4 is 0 Å². The molecule has 1 heterocycles. The third kappa shape index (κ3) is 6.00. The topological polar surface area (TPSA) is 42.7 Å². The van der Waals surface area contributed by atoms with E-state index < -0.39 is 12.6 Å². The maximum Gasteiger partial charge on any atom is 0.389 e. The fraction of sp³-hybridized carbons (Fsp3) is 0.818. The second-order valence-electron chi connectivity index (χ2n) is 4.47. The lowest BCUT2D eigenvalue weighted by molar-refractivity contribution is -0.135. The lowest BCUT2D eigenvalue weighted by Crippen LogP contribution is -2.29. The van der Waals surface area contributed by atoms with Gasteiger partial charge in [-0.05, 0) is 19.8 Å². The highest BCUT2D eigenvalue weighted by Gasteiger charge is 2.26. The first-order valence-corrected chi connectivity index (χ1v) is 6.01. The number of aromatic nitrogens is 3. The molecule has 0 spiro atoms. The molecule has 1 aromatic heterocycles. The zero-order valence-corrected chi connectivity index (χ0v) is 10.7. The Labute approximate surface area is 105 Å². The van der Waals surface area contributed by atoms with Crippen LogP contribution >= 0.6 is 0 Å². The average molecular weight is 264 g/mol. The summed E-state index contributed by atoms with van der Waals surface area (Å²) in [4.78, 5) is 0. The van der Waals surface area contributed by atoms with Gasteiger partial charge in [-0.3, -0.25) is 0 Å². The first-order chi connectivity index (χ1) is 8.38. The Bertz CT molecular complexity index is 348. The van der Waals surface area contributed by atoms with Crippen molar-refractivity contribution < 1.29 is 13.2 Å². The minimum absolute atomic E-state index is 0.0839. The number of nitrogens with one attached hydrogen (secondary N) is 1. The third-order valence-electron chi connectivity index (χ3n) is 2.74. The molecule has 0 radical (unpaired) electrons. The number of hydrogen-bond acceptors (Lipinski definition) is 3. The molecule has 0 amide bonds. The van der Waals surface area contributed by atoms with Crippen LogP contribution in [0.15, 0.2) is 6.33 Å². The largest absolute Gasteiger partial charge is 0.389 e. The smallest absolute Gasteiger partial charge is 0.321 e.